The zero-order valence-electron chi connectivity index (χ0n) is 11.6. The maximum absolute atomic E-state index is 13.5. The maximum atomic E-state index is 13.5. The van der Waals surface area contributed by atoms with Crippen LogP contribution in [0.5, 0.6) is 0 Å². The van der Waals surface area contributed by atoms with E-state index in [1.165, 1.54) is 0 Å². The average Bonchev–Trinajstić information content (AvgIpc) is 2.45. The molecule has 0 saturated carbocycles. The predicted molar refractivity (Wildman–Crippen MR) is 73.7 cm³/mol. The summed E-state index contributed by atoms with van der Waals surface area (Å²) in [6.45, 7) is 0.969. The number of hydrogen-bond donors (Lipinski definition) is 1. The summed E-state index contributed by atoms with van der Waals surface area (Å²) in [7, 11) is -2.44. The quantitative estimate of drug-likeness (QED) is 0.890. The Hall–Kier alpha value is -1.51. The van der Waals surface area contributed by atoms with Crippen LogP contribution in [0.3, 0.4) is 0 Å². The third-order valence-electron chi connectivity index (χ3n) is 3.51. The van der Waals surface area contributed by atoms with Gasteiger partial charge in [-0.2, -0.15) is 0 Å². The van der Waals surface area contributed by atoms with Gasteiger partial charge in [0, 0.05) is 25.8 Å². The Balaban J connectivity index is 2.22. The lowest BCUT2D eigenvalue weighted by molar-refractivity contribution is 0.0350. The summed E-state index contributed by atoms with van der Waals surface area (Å²) in [5, 5.41) is 4.97. The summed E-state index contributed by atoms with van der Waals surface area (Å²) < 4.78 is 41.3. The van der Waals surface area contributed by atoms with E-state index < -0.39 is 26.6 Å². The van der Waals surface area contributed by atoms with Gasteiger partial charge < -0.3 is 9.64 Å². The highest BCUT2D eigenvalue weighted by atomic mass is 32.2. The van der Waals surface area contributed by atoms with Crippen molar-refractivity contribution in [1.29, 1.82) is 0 Å². The minimum Gasteiger partial charge on any atom is -0.381 e. The molecule has 2 rings (SSSR count). The van der Waals surface area contributed by atoms with E-state index in [1.807, 2.05) is 0 Å². The third-order valence-corrected chi connectivity index (χ3v) is 4.40. The van der Waals surface area contributed by atoms with Gasteiger partial charge in [0.1, 0.15) is 5.82 Å². The van der Waals surface area contributed by atoms with Crippen LogP contribution in [-0.4, -0.2) is 45.5 Å². The number of ether oxygens (including phenoxy) is 1. The number of benzene rings is 1. The number of halogens is 1. The molecule has 1 amide bonds. The fraction of sp³-hybridized carbons (Fsp3) is 0.462. The zero-order chi connectivity index (χ0) is 15.6. The van der Waals surface area contributed by atoms with Crippen molar-refractivity contribution >= 4 is 15.9 Å². The molecule has 0 atom stereocenters. The first kappa shape index (κ1) is 15.9. The Kier molecular flexibility index (Phi) is 4.60. The van der Waals surface area contributed by atoms with Crippen molar-refractivity contribution in [3.63, 3.8) is 0 Å². The van der Waals surface area contributed by atoms with E-state index in [-0.39, 0.29) is 11.7 Å². The molecule has 0 radical (unpaired) electrons. The molecular formula is C13H17FN2O4S. The first-order valence-electron chi connectivity index (χ1n) is 6.46. The third kappa shape index (κ3) is 3.78. The first-order chi connectivity index (χ1) is 9.81. The molecule has 1 heterocycles. The van der Waals surface area contributed by atoms with Gasteiger partial charge in [0.05, 0.1) is 11.0 Å². The molecule has 0 unspecified atom stereocenters. The van der Waals surface area contributed by atoms with Gasteiger partial charge in [-0.25, -0.2) is 17.9 Å². The van der Waals surface area contributed by atoms with Gasteiger partial charge in [-0.15, -0.1) is 0 Å². The lowest BCUT2D eigenvalue weighted by Crippen LogP contribution is -2.40. The molecule has 1 fully saturated rings. The second kappa shape index (κ2) is 6.08. The van der Waals surface area contributed by atoms with Gasteiger partial charge in [0.15, 0.2) is 0 Å². The SMILES string of the molecule is COC1CCN(C(=O)c2cc(F)cc(S(N)(=O)=O)c2)CC1. The topological polar surface area (TPSA) is 89.7 Å². The van der Waals surface area contributed by atoms with E-state index in [4.69, 9.17) is 9.88 Å². The molecule has 1 aromatic rings. The molecule has 1 aromatic carbocycles. The number of likely N-dealkylation sites (tertiary alicyclic amines) is 1. The number of rotatable bonds is 3. The first-order valence-corrected chi connectivity index (χ1v) is 8.01. The zero-order valence-corrected chi connectivity index (χ0v) is 12.4. The molecule has 2 N–H and O–H groups in total. The molecule has 8 heteroatoms. The fourth-order valence-corrected chi connectivity index (χ4v) is 2.90. The summed E-state index contributed by atoms with van der Waals surface area (Å²) >= 11 is 0. The van der Waals surface area contributed by atoms with Crippen LogP contribution in [0.2, 0.25) is 0 Å². The highest BCUT2D eigenvalue weighted by Gasteiger charge is 2.24. The molecule has 6 nitrogen and oxygen atoms in total. The smallest absolute Gasteiger partial charge is 0.254 e. The van der Waals surface area contributed by atoms with E-state index in [0.717, 1.165) is 18.2 Å². The Morgan fingerprint density at radius 2 is 1.95 bits per heavy atom. The van der Waals surface area contributed by atoms with E-state index in [1.54, 1.807) is 12.0 Å². The molecule has 116 valence electrons. The normalized spacial score (nSPS) is 17.0. The van der Waals surface area contributed by atoms with Crippen molar-refractivity contribution in [2.45, 2.75) is 23.8 Å². The Bertz CT molecular complexity index is 640. The Labute approximate surface area is 122 Å². The van der Waals surface area contributed by atoms with E-state index in [2.05, 4.69) is 0 Å². The Morgan fingerprint density at radius 3 is 2.48 bits per heavy atom. The molecule has 0 bridgehead atoms. The van der Waals surface area contributed by atoms with Crippen LogP contribution in [0.15, 0.2) is 23.1 Å². The number of sulfonamides is 1. The molecule has 21 heavy (non-hydrogen) atoms. The molecular weight excluding hydrogens is 299 g/mol. The number of primary sulfonamides is 1. The number of nitrogens with zero attached hydrogens (tertiary/aromatic N) is 1. The summed E-state index contributed by atoms with van der Waals surface area (Å²) in [4.78, 5) is 13.5. The minimum absolute atomic E-state index is 0.0186. The lowest BCUT2D eigenvalue weighted by Gasteiger charge is -2.31. The molecule has 0 spiro atoms. The monoisotopic (exact) mass is 316 g/mol. The standard InChI is InChI=1S/C13H17FN2O4S/c1-20-11-2-4-16(5-3-11)13(17)9-6-10(14)8-12(7-9)21(15,18)19/h6-8,11H,2-5H2,1H3,(H2,15,18,19). The average molecular weight is 316 g/mol. The molecule has 0 aromatic heterocycles. The number of amides is 1. The molecule has 0 aliphatic carbocycles. The highest BCUT2D eigenvalue weighted by Crippen LogP contribution is 2.18. The Morgan fingerprint density at radius 1 is 1.33 bits per heavy atom. The van der Waals surface area contributed by atoms with Gasteiger partial charge in [0.25, 0.3) is 5.91 Å². The van der Waals surface area contributed by atoms with Gasteiger partial charge in [-0.3, -0.25) is 4.79 Å². The van der Waals surface area contributed by atoms with Crippen LogP contribution in [0.1, 0.15) is 23.2 Å². The second-order valence-corrected chi connectivity index (χ2v) is 6.51. The molecule has 1 aliphatic rings. The van der Waals surface area contributed by atoms with E-state index in [9.17, 15) is 17.6 Å². The predicted octanol–water partition coefficient (Wildman–Crippen LogP) is 0.724. The van der Waals surface area contributed by atoms with Crippen molar-refractivity contribution in [3.8, 4) is 0 Å². The summed E-state index contributed by atoms with van der Waals surface area (Å²) in [6.07, 6.45) is 1.50. The lowest BCUT2D eigenvalue weighted by atomic mass is 10.1. The van der Waals surface area contributed by atoms with Gasteiger partial charge in [-0.05, 0) is 31.0 Å². The van der Waals surface area contributed by atoms with Crippen molar-refractivity contribution in [2.24, 2.45) is 5.14 Å². The highest BCUT2D eigenvalue weighted by molar-refractivity contribution is 7.89. The van der Waals surface area contributed by atoms with Gasteiger partial charge in [-0.1, -0.05) is 0 Å². The van der Waals surface area contributed by atoms with E-state index >= 15 is 0 Å². The van der Waals surface area contributed by atoms with Crippen molar-refractivity contribution in [3.05, 3.63) is 29.6 Å². The summed E-state index contributed by atoms with van der Waals surface area (Å²) in [5.74, 6) is -1.22. The number of carbonyl (C=O) groups excluding carboxylic acids is 1. The van der Waals surface area contributed by atoms with Crippen molar-refractivity contribution in [1.82, 2.24) is 4.90 Å². The van der Waals surface area contributed by atoms with Crippen LogP contribution < -0.4 is 5.14 Å². The largest absolute Gasteiger partial charge is 0.381 e. The number of hydrogen-bond acceptors (Lipinski definition) is 4. The second-order valence-electron chi connectivity index (χ2n) is 4.95. The number of carbonyl (C=O) groups is 1. The fourth-order valence-electron chi connectivity index (χ4n) is 2.33. The van der Waals surface area contributed by atoms with Crippen LogP contribution in [0, 0.1) is 5.82 Å². The van der Waals surface area contributed by atoms with Gasteiger partial charge >= 0.3 is 0 Å². The van der Waals surface area contributed by atoms with Crippen LogP contribution in [0.25, 0.3) is 0 Å². The van der Waals surface area contributed by atoms with Gasteiger partial charge in [0.2, 0.25) is 10.0 Å². The van der Waals surface area contributed by atoms with Crippen molar-refractivity contribution < 1.29 is 22.3 Å². The van der Waals surface area contributed by atoms with Crippen LogP contribution >= 0.6 is 0 Å². The number of nitrogens with two attached hydrogens (primary N) is 1. The van der Waals surface area contributed by atoms with E-state index in [0.29, 0.717) is 25.9 Å². The maximum Gasteiger partial charge on any atom is 0.254 e. The minimum atomic E-state index is -4.06. The van der Waals surface area contributed by atoms with Crippen molar-refractivity contribution in [2.75, 3.05) is 20.2 Å². The summed E-state index contributed by atoms with van der Waals surface area (Å²) in [6, 6.07) is 2.91. The summed E-state index contributed by atoms with van der Waals surface area (Å²) in [5.41, 5.74) is -0.0186. The number of piperidine rings is 1. The van der Waals surface area contributed by atoms with Crippen LogP contribution in [-0.2, 0) is 14.8 Å². The molecule has 1 aliphatic heterocycles. The number of methoxy groups -OCH3 is 1. The molecule has 1 saturated heterocycles. The van der Waals surface area contributed by atoms with Crippen LogP contribution in [0.4, 0.5) is 4.39 Å².